The minimum Gasteiger partial charge on any atom is -0.402 e. The molecule has 0 aliphatic carbocycles. The summed E-state index contributed by atoms with van der Waals surface area (Å²) in [6, 6.07) is 0. The van der Waals surface area contributed by atoms with Gasteiger partial charge < -0.3 is 31.9 Å². The fourth-order valence-electron chi connectivity index (χ4n) is 4.00. The van der Waals surface area contributed by atoms with E-state index in [9.17, 15) is 0 Å². The van der Waals surface area contributed by atoms with E-state index in [0.29, 0.717) is 0 Å². The summed E-state index contributed by atoms with van der Waals surface area (Å²) in [6.07, 6.45) is 9.51. The maximum absolute atomic E-state index is 5.77. The van der Waals surface area contributed by atoms with Gasteiger partial charge in [0.1, 0.15) is 0 Å². The molecule has 0 aromatic heterocycles. The number of likely N-dealkylation sites (N-methyl/N-ethyl adjacent to an activating group) is 2. The van der Waals surface area contributed by atoms with Gasteiger partial charge in [0.2, 0.25) is 0 Å². The predicted molar refractivity (Wildman–Crippen MR) is 210 cm³/mol. The molecule has 3 rings (SSSR count). The van der Waals surface area contributed by atoms with Gasteiger partial charge in [0.15, 0.2) is 0 Å². The summed E-state index contributed by atoms with van der Waals surface area (Å²) in [5.41, 5.74) is 26.5. The van der Waals surface area contributed by atoms with Gasteiger partial charge in [0.25, 0.3) is 0 Å². The Morgan fingerprint density at radius 2 is 1.02 bits per heavy atom. The molecule has 44 heavy (non-hydrogen) atoms. The molecule has 0 atom stereocenters. The van der Waals surface area contributed by atoms with Crippen LogP contribution in [0.25, 0.3) is 0 Å². The van der Waals surface area contributed by atoms with Crippen LogP contribution in [0.15, 0.2) is 57.1 Å². The second kappa shape index (κ2) is 31.0. The monoisotopic (exact) mass is 633 g/mol. The molecule has 3 aliphatic heterocycles. The molecule has 6 heteroatoms. The smallest absolute Gasteiger partial charge is 0.0166 e. The minimum atomic E-state index is 0. The zero-order valence-electron chi connectivity index (χ0n) is 32.9. The van der Waals surface area contributed by atoms with Crippen LogP contribution in [0, 0.1) is 5.92 Å². The number of nitrogens with two attached hydrogens (primary N) is 3. The van der Waals surface area contributed by atoms with E-state index in [4.69, 9.17) is 17.2 Å². The van der Waals surface area contributed by atoms with Gasteiger partial charge >= 0.3 is 0 Å². The van der Waals surface area contributed by atoms with Gasteiger partial charge in [-0.25, -0.2) is 0 Å². The lowest BCUT2D eigenvalue weighted by Crippen LogP contribution is -2.31. The maximum atomic E-state index is 5.77. The summed E-state index contributed by atoms with van der Waals surface area (Å²) in [4.78, 5) is 7.02. The van der Waals surface area contributed by atoms with Crippen LogP contribution in [0.2, 0.25) is 0 Å². The van der Waals surface area contributed by atoms with Gasteiger partial charge in [-0.05, 0) is 132 Å². The molecule has 6 N–H and O–H groups in total. The molecular formula is C38H86N6. The molecule has 0 saturated carbocycles. The molecule has 3 heterocycles. The number of allylic oxidation sites excluding steroid dienone is 6. The Morgan fingerprint density at radius 1 is 0.614 bits per heavy atom. The molecule has 3 aliphatic rings. The first-order valence-corrected chi connectivity index (χ1v) is 17.3. The molecule has 0 spiro atoms. The van der Waals surface area contributed by atoms with Crippen LogP contribution in [0.5, 0.6) is 0 Å². The van der Waals surface area contributed by atoms with Gasteiger partial charge in [-0.1, -0.05) is 70.4 Å². The predicted octanol–water partition coefficient (Wildman–Crippen LogP) is 9.43. The number of likely N-dealkylation sites (tertiary alicyclic amines) is 1. The minimum absolute atomic E-state index is 0. The van der Waals surface area contributed by atoms with Crippen LogP contribution >= 0.6 is 0 Å². The van der Waals surface area contributed by atoms with E-state index in [-0.39, 0.29) is 4.28 Å². The Balaban J connectivity index is -0.0000000864. The quantitative estimate of drug-likeness (QED) is 0.263. The molecule has 0 bridgehead atoms. The zero-order valence-corrected chi connectivity index (χ0v) is 32.9. The van der Waals surface area contributed by atoms with Crippen molar-refractivity contribution in [3.05, 3.63) is 57.1 Å². The van der Waals surface area contributed by atoms with Crippen molar-refractivity contribution in [2.24, 2.45) is 23.1 Å². The molecule has 0 amide bonds. The first-order valence-electron chi connectivity index (χ1n) is 17.3. The van der Waals surface area contributed by atoms with E-state index in [1.54, 1.807) is 5.57 Å². The second-order valence-corrected chi connectivity index (χ2v) is 11.7. The highest BCUT2D eigenvalue weighted by Crippen LogP contribution is 2.24. The Labute approximate surface area is 282 Å². The van der Waals surface area contributed by atoms with Crippen molar-refractivity contribution in [3.63, 3.8) is 0 Å². The van der Waals surface area contributed by atoms with E-state index in [0.717, 1.165) is 49.1 Å². The highest BCUT2D eigenvalue weighted by atomic mass is 15.1. The largest absolute Gasteiger partial charge is 0.402 e. The zero-order chi connectivity index (χ0) is 35.4. The fourth-order valence-corrected chi connectivity index (χ4v) is 4.00. The molecule has 0 aromatic carbocycles. The third kappa shape index (κ3) is 26.4. The molecule has 0 aromatic rings. The third-order valence-corrected chi connectivity index (χ3v) is 7.87. The van der Waals surface area contributed by atoms with Crippen LogP contribution in [0.3, 0.4) is 0 Å². The lowest BCUT2D eigenvalue weighted by molar-refractivity contribution is 0.237. The van der Waals surface area contributed by atoms with Gasteiger partial charge in [-0.3, -0.25) is 0 Å². The number of nitrogens with zero attached hydrogens (tertiary/aromatic N) is 3. The molecule has 0 unspecified atom stereocenters. The van der Waals surface area contributed by atoms with Crippen LogP contribution in [-0.2, 0) is 0 Å². The van der Waals surface area contributed by atoms with Crippen molar-refractivity contribution >= 4 is 0 Å². The average Bonchev–Trinajstić information content (AvgIpc) is 3.02. The summed E-state index contributed by atoms with van der Waals surface area (Å²) in [5, 5.41) is 0. The summed E-state index contributed by atoms with van der Waals surface area (Å²) in [5.74, 6) is 0.742. The molecule has 268 valence electrons. The summed E-state index contributed by atoms with van der Waals surface area (Å²) in [7, 11) is 6.48. The summed E-state index contributed by atoms with van der Waals surface area (Å²) < 4.78 is 0. The average molecular weight is 633 g/mol. The summed E-state index contributed by atoms with van der Waals surface area (Å²) >= 11 is 0. The van der Waals surface area contributed by atoms with Crippen molar-refractivity contribution in [2.75, 3.05) is 60.4 Å². The number of hydrogen-bond donors (Lipinski definition) is 3. The van der Waals surface area contributed by atoms with E-state index in [1.165, 1.54) is 61.2 Å². The van der Waals surface area contributed by atoms with Crippen LogP contribution in [-0.4, -0.2) is 75.1 Å². The lowest BCUT2D eigenvalue weighted by Gasteiger charge is -2.29. The topological polar surface area (TPSA) is 87.8 Å². The first kappa shape index (κ1) is 48.9. The fraction of sp³-hybridized carbons (Fsp3) is 0.737. The standard InChI is InChI=1S/C10H20N2.C10H18N2.C7H13N.C5H11N.3C2H6.3H2/c2*1-8(9(2)11)10-4-6-12(3)7-5-10;1-7-3-5-8(2)6-4-7;1-4(2)5(3)6;3*1-2;;;/h10H,4-7,11H2,1-3H3;4H,5-7,11H2,1-3H3;3H,4-6H2,1-2H3;6H2,1-3H3;3*1-2H3;3*1H/b2*9-8-;;;;;;;;/i;;;;;;;3*1+2. The van der Waals surface area contributed by atoms with Crippen molar-refractivity contribution in [2.45, 2.75) is 123 Å². The van der Waals surface area contributed by atoms with E-state index in [1.807, 2.05) is 76.2 Å². The van der Waals surface area contributed by atoms with Gasteiger partial charge in [-0.15, -0.1) is 0 Å². The SMILES string of the molecule is C/C(N)=C(\C)C1=CCN(C)CC1.C/C(N)=C(\C)C1CCN(C)CC1.CC.CC.CC.CC(C)=C(C)N.CC1=CCN(C)CC1.[3HH].[3HH].[3HH]. The summed E-state index contributed by atoms with van der Waals surface area (Å²) in [6.45, 7) is 35.4. The van der Waals surface area contributed by atoms with E-state index < -0.39 is 0 Å². The van der Waals surface area contributed by atoms with Crippen LogP contribution in [0.1, 0.15) is 127 Å². The van der Waals surface area contributed by atoms with E-state index >= 15 is 0 Å². The Hall–Kier alpha value is -2.02. The van der Waals surface area contributed by atoms with Crippen molar-refractivity contribution < 1.29 is 4.28 Å². The highest BCUT2D eigenvalue weighted by Gasteiger charge is 2.18. The van der Waals surface area contributed by atoms with Gasteiger partial charge in [-0.2, -0.15) is 0 Å². The molecule has 6 nitrogen and oxygen atoms in total. The molecule has 1 saturated heterocycles. The van der Waals surface area contributed by atoms with E-state index in [2.05, 4.69) is 68.8 Å². The maximum Gasteiger partial charge on any atom is 0.0166 e. The highest BCUT2D eigenvalue weighted by molar-refractivity contribution is 5.33. The lowest BCUT2D eigenvalue weighted by atomic mass is 9.89. The second-order valence-electron chi connectivity index (χ2n) is 11.7. The normalized spacial score (nSPS) is 18.1. The molecular weight excluding hydrogens is 540 g/mol. The Bertz CT molecular complexity index is 845. The third-order valence-electron chi connectivity index (χ3n) is 7.87. The first-order chi connectivity index (χ1) is 20.6. The van der Waals surface area contributed by atoms with Crippen molar-refractivity contribution in [1.82, 2.24) is 14.7 Å². The molecule has 0 radical (unpaired) electrons. The molecule has 1 fully saturated rings. The van der Waals surface area contributed by atoms with Crippen molar-refractivity contribution in [1.29, 1.82) is 0 Å². The number of hydrogen-bond acceptors (Lipinski definition) is 6. The Kier molecular flexibility index (Phi) is 34.4. The number of piperidine rings is 1. The number of rotatable bonds is 2. The van der Waals surface area contributed by atoms with Crippen LogP contribution in [0.4, 0.5) is 0 Å². The van der Waals surface area contributed by atoms with Gasteiger partial charge in [0.05, 0.1) is 0 Å². The van der Waals surface area contributed by atoms with Crippen LogP contribution < -0.4 is 17.2 Å². The van der Waals surface area contributed by atoms with Gasteiger partial charge in [0, 0.05) is 47.6 Å². The Morgan fingerprint density at radius 3 is 1.30 bits per heavy atom. The van der Waals surface area contributed by atoms with Crippen molar-refractivity contribution in [3.8, 4) is 0 Å².